The average Bonchev–Trinajstić information content (AvgIpc) is 2.33. The molecule has 16 aromatic rings. The Morgan fingerprint density at radius 3 is 0.965 bits per heavy atom. The number of rotatable bonds is 9. The number of nitrogens with zero attached hydrogens (tertiary/aromatic N) is 6. The monoisotopic (exact) mass is 1090 g/mol. The molecule has 0 saturated carbocycles. The Labute approximate surface area is 492 Å². The Morgan fingerprint density at radius 1 is 0.224 bits per heavy atom. The van der Waals surface area contributed by atoms with E-state index in [0.29, 0.717) is 17.6 Å². The van der Waals surface area contributed by atoms with Crippen LogP contribution in [0.5, 0.6) is 0 Å². The van der Waals surface area contributed by atoms with Crippen LogP contribution in [0.2, 0.25) is 0 Å². The number of fused-ring (bicyclic) bond motifs is 9. The molecule has 0 bridgehead atoms. The standard InChI is InChI=1S/C79H56N6/c1-49-26-36-71-63(42-49)64-43-50(2)27-37-72(64)83(71)69-24-13-11-22-61(69)77-80-78(62-23-12-14-25-70(62)84-73-38-28-51(3)44-65(73)66-45-52(4)29-39-74(66)84)82-79(81-77)85-75-40-34-59(56-32-30-55(31-33-56)53-16-7-5-8-17-53)47-67(75)68-48-60(35-41-76(68)85)58-21-15-20-57(46-58)54-18-9-6-10-19-54/h5-48H,1-4H3. The summed E-state index contributed by atoms with van der Waals surface area (Å²) >= 11 is 0. The fourth-order valence-corrected chi connectivity index (χ4v) is 13.0. The molecule has 6 heteroatoms. The van der Waals surface area contributed by atoms with Crippen molar-refractivity contribution < 1.29 is 0 Å². The predicted molar refractivity (Wildman–Crippen MR) is 354 cm³/mol. The van der Waals surface area contributed by atoms with Crippen LogP contribution in [0.25, 0.3) is 150 Å². The van der Waals surface area contributed by atoms with Crippen molar-refractivity contribution in [3.63, 3.8) is 0 Å². The molecule has 0 N–H and O–H groups in total. The molecule has 0 aliphatic heterocycles. The van der Waals surface area contributed by atoms with Gasteiger partial charge in [0.1, 0.15) is 0 Å². The minimum Gasteiger partial charge on any atom is -0.309 e. The highest BCUT2D eigenvalue weighted by atomic mass is 15.2. The van der Waals surface area contributed by atoms with E-state index < -0.39 is 0 Å². The van der Waals surface area contributed by atoms with Gasteiger partial charge in [-0.05, 0) is 175 Å². The van der Waals surface area contributed by atoms with Gasteiger partial charge in [0, 0.05) is 43.4 Å². The van der Waals surface area contributed by atoms with E-state index in [1.807, 2.05) is 0 Å². The maximum absolute atomic E-state index is 5.71. The summed E-state index contributed by atoms with van der Waals surface area (Å²) in [5, 5.41) is 7.02. The van der Waals surface area contributed by atoms with Gasteiger partial charge in [0.05, 0.1) is 44.5 Å². The van der Waals surface area contributed by atoms with E-state index in [1.165, 1.54) is 66.1 Å². The Hall–Kier alpha value is -11.0. The number of aromatic nitrogens is 6. The molecular formula is C79H56N6. The van der Waals surface area contributed by atoms with Crippen molar-refractivity contribution in [1.82, 2.24) is 28.7 Å². The molecule has 0 radical (unpaired) electrons. The molecule has 0 atom stereocenters. The zero-order chi connectivity index (χ0) is 56.9. The fraction of sp³-hybridized carbons (Fsp3) is 0.0506. The van der Waals surface area contributed by atoms with E-state index >= 15 is 0 Å². The quantitative estimate of drug-likeness (QED) is 0.145. The van der Waals surface area contributed by atoms with Crippen LogP contribution in [-0.4, -0.2) is 28.7 Å². The molecule has 0 amide bonds. The molecule has 402 valence electrons. The summed E-state index contributed by atoms with van der Waals surface area (Å²) < 4.78 is 7.04. The van der Waals surface area contributed by atoms with Crippen LogP contribution in [0.15, 0.2) is 267 Å². The lowest BCUT2D eigenvalue weighted by atomic mass is 9.97. The Bertz CT molecular complexity index is 5030. The first-order chi connectivity index (χ1) is 41.8. The smallest absolute Gasteiger partial charge is 0.238 e. The molecule has 4 aromatic heterocycles. The molecular weight excluding hydrogens is 1030 g/mol. The lowest BCUT2D eigenvalue weighted by molar-refractivity contribution is 0.950. The third-order valence-electron chi connectivity index (χ3n) is 17.1. The van der Waals surface area contributed by atoms with Gasteiger partial charge in [-0.2, -0.15) is 9.97 Å². The highest BCUT2D eigenvalue weighted by Crippen LogP contribution is 2.42. The Balaban J connectivity index is 0.963. The highest BCUT2D eigenvalue weighted by molar-refractivity contribution is 6.13. The van der Waals surface area contributed by atoms with Gasteiger partial charge < -0.3 is 9.13 Å². The van der Waals surface area contributed by atoms with Crippen LogP contribution in [-0.2, 0) is 0 Å². The predicted octanol–water partition coefficient (Wildman–Crippen LogP) is 20.4. The van der Waals surface area contributed by atoms with Gasteiger partial charge in [-0.1, -0.05) is 186 Å². The molecule has 85 heavy (non-hydrogen) atoms. The largest absolute Gasteiger partial charge is 0.309 e. The maximum atomic E-state index is 5.71. The van der Waals surface area contributed by atoms with Crippen molar-refractivity contribution in [2.45, 2.75) is 27.7 Å². The van der Waals surface area contributed by atoms with E-state index in [0.717, 1.165) is 88.6 Å². The lowest BCUT2D eigenvalue weighted by Crippen LogP contribution is -2.09. The van der Waals surface area contributed by atoms with Crippen molar-refractivity contribution in [3.8, 4) is 84.6 Å². The Morgan fingerprint density at radius 2 is 0.518 bits per heavy atom. The van der Waals surface area contributed by atoms with Gasteiger partial charge >= 0.3 is 0 Å². The molecule has 0 aliphatic carbocycles. The van der Waals surface area contributed by atoms with Crippen LogP contribution in [0.3, 0.4) is 0 Å². The van der Waals surface area contributed by atoms with Crippen molar-refractivity contribution in [1.29, 1.82) is 0 Å². The zero-order valence-corrected chi connectivity index (χ0v) is 47.6. The summed E-state index contributed by atoms with van der Waals surface area (Å²) in [5.74, 6) is 1.64. The van der Waals surface area contributed by atoms with Gasteiger partial charge in [0.15, 0.2) is 11.6 Å². The van der Waals surface area contributed by atoms with Crippen LogP contribution in [0.4, 0.5) is 0 Å². The van der Waals surface area contributed by atoms with Crippen LogP contribution < -0.4 is 0 Å². The highest BCUT2D eigenvalue weighted by Gasteiger charge is 2.25. The summed E-state index contributed by atoms with van der Waals surface area (Å²) in [5.41, 5.74) is 24.3. The van der Waals surface area contributed by atoms with Crippen molar-refractivity contribution in [2.24, 2.45) is 0 Å². The molecule has 0 fully saturated rings. The normalized spacial score (nSPS) is 11.8. The molecule has 12 aromatic carbocycles. The second-order valence-corrected chi connectivity index (χ2v) is 22.8. The van der Waals surface area contributed by atoms with E-state index in [4.69, 9.17) is 15.0 Å². The number of benzene rings is 12. The number of hydrogen-bond acceptors (Lipinski definition) is 3. The summed E-state index contributed by atoms with van der Waals surface area (Å²) in [7, 11) is 0. The maximum Gasteiger partial charge on any atom is 0.238 e. The molecule has 0 saturated heterocycles. The second kappa shape index (κ2) is 19.9. The van der Waals surface area contributed by atoms with Gasteiger partial charge in [0.25, 0.3) is 0 Å². The minimum atomic E-state index is 0.519. The lowest BCUT2D eigenvalue weighted by Gasteiger charge is -2.17. The van der Waals surface area contributed by atoms with Gasteiger partial charge in [-0.3, -0.25) is 4.57 Å². The summed E-state index contributed by atoms with van der Waals surface area (Å²) in [6, 6.07) is 96.9. The second-order valence-electron chi connectivity index (χ2n) is 22.8. The van der Waals surface area contributed by atoms with E-state index in [-0.39, 0.29) is 0 Å². The number of hydrogen-bond donors (Lipinski definition) is 0. The molecule has 0 aliphatic rings. The molecule has 16 rings (SSSR count). The van der Waals surface area contributed by atoms with Crippen molar-refractivity contribution in [2.75, 3.05) is 0 Å². The van der Waals surface area contributed by atoms with Crippen LogP contribution >= 0.6 is 0 Å². The molecule has 0 unspecified atom stereocenters. The SMILES string of the molecule is Cc1ccc2c(c1)c1cc(C)ccc1n2-c1ccccc1-c1nc(-c2ccccc2-n2c3ccc(C)cc3c3cc(C)ccc32)nc(-n2c3ccc(-c4ccc(-c5ccccc5)cc4)cc3c3cc(-c4cccc(-c5ccccc5)c4)ccc32)n1. The average molecular weight is 1090 g/mol. The van der Waals surface area contributed by atoms with E-state index in [1.54, 1.807) is 0 Å². The van der Waals surface area contributed by atoms with Crippen LogP contribution in [0.1, 0.15) is 22.3 Å². The number of para-hydroxylation sites is 2. The van der Waals surface area contributed by atoms with E-state index in [9.17, 15) is 0 Å². The third-order valence-corrected chi connectivity index (χ3v) is 17.1. The van der Waals surface area contributed by atoms with E-state index in [2.05, 4.69) is 308 Å². The fourth-order valence-electron chi connectivity index (χ4n) is 13.0. The van der Waals surface area contributed by atoms with Gasteiger partial charge in [-0.25, -0.2) is 4.98 Å². The Kier molecular flexibility index (Phi) is 11.7. The van der Waals surface area contributed by atoms with Gasteiger partial charge in [-0.15, -0.1) is 0 Å². The third kappa shape index (κ3) is 8.44. The molecule has 6 nitrogen and oxygen atoms in total. The topological polar surface area (TPSA) is 53.5 Å². The molecule has 0 spiro atoms. The molecule has 4 heterocycles. The van der Waals surface area contributed by atoms with Crippen molar-refractivity contribution >= 4 is 65.4 Å². The summed E-state index contributed by atoms with van der Waals surface area (Å²) in [6.07, 6.45) is 0. The minimum absolute atomic E-state index is 0.519. The summed E-state index contributed by atoms with van der Waals surface area (Å²) in [4.78, 5) is 17.1. The van der Waals surface area contributed by atoms with Crippen molar-refractivity contribution in [3.05, 3.63) is 289 Å². The first kappa shape index (κ1) is 49.8. The van der Waals surface area contributed by atoms with Gasteiger partial charge in [0.2, 0.25) is 5.95 Å². The zero-order valence-electron chi connectivity index (χ0n) is 47.6. The summed E-state index contributed by atoms with van der Waals surface area (Å²) in [6.45, 7) is 8.68. The first-order valence-electron chi connectivity index (χ1n) is 29.2. The number of aryl methyl sites for hydroxylation is 4. The first-order valence-corrected chi connectivity index (χ1v) is 29.2. The van der Waals surface area contributed by atoms with Crippen LogP contribution in [0, 0.1) is 27.7 Å².